The maximum absolute atomic E-state index is 11.5. The van der Waals surface area contributed by atoms with Gasteiger partial charge in [0.2, 0.25) is 5.91 Å². The fourth-order valence-electron chi connectivity index (χ4n) is 1.57. The summed E-state index contributed by atoms with van der Waals surface area (Å²) in [6.45, 7) is 4.77. The van der Waals surface area contributed by atoms with Crippen molar-refractivity contribution in [2.45, 2.75) is 33.1 Å². The van der Waals surface area contributed by atoms with Gasteiger partial charge in [-0.2, -0.15) is 0 Å². The number of amides is 1. The predicted octanol–water partition coefficient (Wildman–Crippen LogP) is 0.675. The van der Waals surface area contributed by atoms with Crippen molar-refractivity contribution in [3.05, 3.63) is 0 Å². The van der Waals surface area contributed by atoms with Crippen LogP contribution in [0.3, 0.4) is 0 Å². The first kappa shape index (κ1) is 11.8. The first-order valence-electron chi connectivity index (χ1n) is 5.21. The van der Waals surface area contributed by atoms with Gasteiger partial charge < -0.3 is 16.3 Å². The summed E-state index contributed by atoms with van der Waals surface area (Å²) >= 11 is 0. The van der Waals surface area contributed by atoms with Gasteiger partial charge in [-0.25, -0.2) is 0 Å². The SMILES string of the molecule is CC1(C)CC1C(=O)NCCCC(N)=NO. The monoisotopic (exact) mass is 213 g/mol. The topological polar surface area (TPSA) is 87.7 Å². The van der Waals surface area contributed by atoms with E-state index < -0.39 is 0 Å². The van der Waals surface area contributed by atoms with E-state index in [-0.39, 0.29) is 23.1 Å². The van der Waals surface area contributed by atoms with Gasteiger partial charge in [0.15, 0.2) is 0 Å². The molecule has 0 spiro atoms. The number of nitrogens with two attached hydrogens (primary N) is 1. The second-order valence-electron chi connectivity index (χ2n) is 4.73. The van der Waals surface area contributed by atoms with E-state index in [9.17, 15) is 4.79 Å². The van der Waals surface area contributed by atoms with E-state index in [1.54, 1.807) is 0 Å². The first-order chi connectivity index (χ1) is 6.97. The molecule has 5 heteroatoms. The summed E-state index contributed by atoms with van der Waals surface area (Å²) in [7, 11) is 0. The largest absolute Gasteiger partial charge is 0.409 e. The lowest BCUT2D eigenvalue weighted by Gasteiger charge is -2.05. The van der Waals surface area contributed by atoms with Crippen LogP contribution in [0.2, 0.25) is 0 Å². The molecule has 4 N–H and O–H groups in total. The van der Waals surface area contributed by atoms with Crippen LogP contribution in [0.1, 0.15) is 33.1 Å². The van der Waals surface area contributed by atoms with Crippen molar-refractivity contribution in [3.63, 3.8) is 0 Å². The summed E-state index contributed by atoms with van der Waals surface area (Å²) in [5, 5.41) is 14.0. The molecule has 1 amide bonds. The Balaban J connectivity index is 2.09. The molecule has 5 nitrogen and oxygen atoms in total. The van der Waals surface area contributed by atoms with Crippen molar-refractivity contribution in [2.75, 3.05) is 6.54 Å². The lowest BCUT2D eigenvalue weighted by Crippen LogP contribution is -2.28. The molecule has 1 fully saturated rings. The Morgan fingerprint density at radius 3 is 2.73 bits per heavy atom. The molecule has 0 aromatic carbocycles. The van der Waals surface area contributed by atoms with Gasteiger partial charge in [-0.3, -0.25) is 4.79 Å². The molecule has 0 aliphatic heterocycles. The fourth-order valence-corrected chi connectivity index (χ4v) is 1.57. The van der Waals surface area contributed by atoms with E-state index in [4.69, 9.17) is 10.9 Å². The molecule has 1 rings (SSSR count). The third-order valence-electron chi connectivity index (χ3n) is 2.87. The normalized spacial score (nSPS) is 23.6. The zero-order valence-electron chi connectivity index (χ0n) is 9.29. The van der Waals surface area contributed by atoms with Crippen LogP contribution in [0.15, 0.2) is 5.16 Å². The van der Waals surface area contributed by atoms with Crippen LogP contribution in [0.25, 0.3) is 0 Å². The molecule has 0 bridgehead atoms. The molecule has 1 unspecified atom stereocenters. The first-order valence-corrected chi connectivity index (χ1v) is 5.21. The van der Waals surface area contributed by atoms with Gasteiger partial charge in [0, 0.05) is 18.9 Å². The number of nitrogens with one attached hydrogen (secondary N) is 1. The summed E-state index contributed by atoms with van der Waals surface area (Å²) in [4.78, 5) is 11.5. The smallest absolute Gasteiger partial charge is 0.223 e. The maximum atomic E-state index is 11.5. The number of amidine groups is 1. The summed E-state index contributed by atoms with van der Waals surface area (Å²) in [6.07, 6.45) is 2.18. The Hall–Kier alpha value is -1.26. The van der Waals surface area contributed by atoms with Crippen LogP contribution in [0.5, 0.6) is 0 Å². The summed E-state index contributed by atoms with van der Waals surface area (Å²) < 4.78 is 0. The minimum atomic E-state index is 0.125. The highest BCUT2D eigenvalue weighted by Crippen LogP contribution is 2.51. The van der Waals surface area contributed by atoms with Crippen LogP contribution in [-0.4, -0.2) is 23.5 Å². The van der Waals surface area contributed by atoms with E-state index in [0.29, 0.717) is 19.4 Å². The van der Waals surface area contributed by atoms with Gasteiger partial charge >= 0.3 is 0 Å². The number of hydrogen-bond acceptors (Lipinski definition) is 3. The zero-order valence-corrected chi connectivity index (χ0v) is 9.29. The van der Waals surface area contributed by atoms with Crippen molar-refractivity contribution in [1.29, 1.82) is 0 Å². The molecule has 0 aromatic heterocycles. The minimum absolute atomic E-state index is 0.125. The maximum Gasteiger partial charge on any atom is 0.223 e. The number of nitrogens with zero attached hydrogens (tertiary/aromatic N) is 1. The van der Waals surface area contributed by atoms with Crippen LogP contribution in [0.4, 0.5) is 0 Å². The molecule has 0 saturated heterocycles. The highest BCUT2D eigenvalue weighted by atomic mass is 16.4. The number of oxime groups is 1. The Labute approximate surface area is 89.7 Å². The van der Waals surface area contributed by atoms with E-state index in [2.05, 4.69) is 24.3 Å². The van der Waals surface area contributed by atoms with Crippen LogP contribution >= 0.6 is 0 Å². The number of carbonyl (C=O) groups excluding carboxylic acids is 1. The Morgan fingerprint density at radius 1 is 1.67 bits per heavy atom. The third kappa shape index (κ3) is 3.42. The Bertz CT molecular complexity index is 274. The summed E-state index contributed by atoms with van der Waals surface area (Å²) in [6, 6.07) is 0. The highest BCUT2D eigenvalue weighted by molar-refractivity contribution is 5.82. The van der Waals surface area contributed by atoms with E-state index in [1.807, 2.05) is 0 Å². The summed E-state index contributed by atoms with van der Waals surface area (Å²) in [5.74, 6) is 0.497. The van der Waals surface area contributed by atoms with Crippen molar-refractivity contribution in [2.24, 2.45) is 22.2 Å². The summed E-state index contributed by atoms with van der Waals surface area (Å²) in [5.41, 5.74) is 5.47. The lowest BCUT2D eigenvalue weighted by atomic mass is 10.1. The van der Waals surface area contributed by atoms with Gasteiger partial charge in [0.1, 0.15) is 5.84 Å². The molecule has 0 heterocycles. The molecule has 1 atom stereocenters. The number of hydrogen-bond donors (Lipinski definition) is 3. The Morgan fingerprint density at radius 2 is 2.27 bits per heavy atom. The molecule has 86 valence electrons. The van der Waals surface area contributed by atoms with Gasteiger partial charge in [-0.1, -0.05) is 19.0 Å². The molecule has 1 saturated carbocycles. The number of rotatable bonds is 5. The molecule has 15 heavy (non-hydrogen) atoms. The zero-order chi connectivity index (χ0) is 11.5. The average molecular weight is 213 g/mol. The van der Waals surface area contributed by atoms with Crippen molar-refractivity contribution < 1.29 is 10.0 Å². The van der Waals surface area contributed by atoms with Gasteiger partial charge in [0.05, 0.1) is 0 Å². The average Bonchev–Trinajstić information content (AvgIpc) is 2.82. The minimum Gasteiger partial charge on any atom is -0.409 e. The molecular weight excluding hydrogens is 194 g/mol. The second-order valence-corrected chi connectivity index (χ2v) is 4.73. The standard InChI is InChI=1S/C10H19N3O2/c1-10(2)6-7(10)9(14)12-5-3-4-8(11)13-15/h7,15H,3-6H2,1-2H3,(H2,11,13)(H,12,14). The number of carbonyl (C=O) groups is 1. The molecule has 0 aromatic rings. The lowest BCUT2D eigenvalue weighted by molar-refractivity contribution is -0.122. The van der Waals surface area contributed by atoms with Crippen LogP contribution in [-0.2, 0) is 4.79 Å². The van der Waals surface area contributed by atoms with E-state index >= 15 is 0 Å². The van der Waals surface area contributed by atoms with Crippen molar-refractivity contribution in [1.82, 2.24) is 5.32 Å². The highest BCUT2D eigenvalue weighted by Gasteiger charge is 2.50. The molecule has 1 aliphatic rings. The van der Waals surface area contributed by atoms with E-state index in [1.165, 1.54) is 0 Å². The molecule has 1 aliphatic carbocycles. The van der Waals surface area contributed by atoms with Crippen molar-refractivity contribution >= 4 is 11.7 Å². The van der Waals surface area contributed by atoms with Gasteiger partial charge in [-0.05, 0) is 18.3 Å². The van der Waals surface area contributed by atoms with Crippen LogP contribution in [0, 0.1) is 11.3 Å². The van der Waals surface area contributed by atoms with Crippen molar-refractivity contribution in [3.8, 4) is 0 Å². The van der Waals surface area contributed by atoms with Gasteiger partial charge in [-0.15, -0.1) is 0 Å². The Kier molecular flexibility index (Phi) is 3.55. The molecular formula is C10H19N3O2. The van der Waals surface area contributed by atoms with E-state index in [0.717, 1.165) is 6.42 Å². The second kappa shape index (κ2) is 4.51. The molecule has 0 radical (unpaired) electrons. The van der Waals surface area contributed by atoms with Gasteiger partial charge in [0.25, 0.3) is 0 Å². The quantitative estimate of drug-likeness (QED) is 0.206. The third-order valence-corrected chi connectivity index (χ3v) is 2.87. The fraction of sp³-hybridized carbons (Fsp3) is 0.800. The van der Waals surface area contributed by atoms with Crippen LogP contribution < -0.4 is 11.1 Å². The predicted molar refractivity (Wildman–Crippen MR) is 57.5 cm³/mol.